The number of carbonyl (C=O) groups excluding carboxylic acids is 1. The zero-order valence-electron chi connectivity index (χ0n) is 20.0. The lowest BCUT2D eigenvalue weighted by Crippen LogP contribution is -2.29. The van der Waals surface area contributed by atoms with Crippen LogP contribution in [0.1, 0.15) is 49.4 Å². The first-order chi connectivity index (χ1) is 16.5. The standard InChI is InChI=1S/C26H30N4O3S/c1-5-6-15-34-26-28-25-27-18(3)22(24(31)32-4)23(30(25)29-26)19-11-13-21(14-12-19)33-16-20-10-8-7-9-17(20)2/h7-14,23H,5-6,15-16H2,1-4H3,(H,27,28,29). The Hall–Kier alpha value is -3.26. The van der Waals surface area contributed by atoms with Crippen LogP contribution in [0.4, 0.5) is 5.95 Å². The van der Waals surface area contributed by atoms with E-state index >= 15 is 0 Å². The molecule has 0 radical (unpaired) electrons. The number of aryl methyl sites for hydroxylation is 1. The number of hydrogen-bond donors (Lipinski definition) is 1. The molecule has 0 aliphatic carbocycles. The Morgan fingerprint density at radius 2 is 1.91 bits per heavy atom. The van der Waals surface area contributed by atoms with Crippen LogP contribution in [0.25, 0.3) is 0 Å². The quantitative estimate of drug-likeness (QED) is 0.246. The predicted molar refractivity (Wildman–Crippen MR) is 134 cm³/mol. The largest absolute Gasteiger partial charge is 0.489 e. The Labute approximate surface area is 204 Å². The van der Waals surface area contributed by atoms with E-state index in [1.165, 1.54) is 12.7 Å². The molecule has 0 bridgehead atoms. The minimum Gasteiger partial charge on any atom is -0.489 e. The van der Waals surface area contributed by atoms with Gasteiger partial charge in [0.2, 0.25) is 11.1 Å². The molecule has 0 saturated heterocycles. The number of fused-ring (bicyclic) bond motifs is 1. The summed E-state index contributed by atoms with van der Waals surface area (Å²) in [6.45, 7) is 6.60. The van der Waals surface area contributed by atoms with Gasteiger partial charge in [0.1, 0.15) is 18.4 Å². The van der Waals surface area contributed by atoms with Crippen LogP contribution in [0.2, 0.25) is 0 Å². The molecule has 178 valence electrons. The number of benzene rings is 2. The van der Waals surface area contributed by atoms with Gasteiger partial charge in [0.25, 0.3) is 0 Å². The Balaban J connectivity index is 1.61. The van der Waals surface area contributed by atoms with Crippen molar-refractivity contribution in [3.63, 3.8) is 0 Å². The topological polar surface area (TPSA) is 78.3 Å². The minimum atomic E-state index is -0.442. The second-order valence-electron chi connectivity index (χ2n) is 8.21. The van der Waals surface area contributed by atoms with Gasteiger partial charge >= 0.3 is 5.97 Å². The van der Waals surface area contributed by atoms with E-state index < -0.39 is 12.0 Å². The van der Waals surface area contributed by atoms with Gasteiger partial charge in [-0.05, 0) is 49.1 Å². The highest BCUT2D eigenvalue weighted by Crippen LogP contribution is 2.37. The number of anilines is 1. The molecule has 4 rings (SSSR count). The lowest BCUT2D eigenvalue weighted by molar-refractivity contribution is -0.136. The van der Waals surface area contributed by atoms with Gasteiger partial charge in [-0.25, -0.2) is 9.48 Å². The maximum atomic E-state index is 12.7. The van der Waals surface area contributed by atoms with Crippen molar-refractivity contribution in [3.05, 3.63) is 76.5 Å². The number of aromatic nitrogens is 3. The second kappa shape index (κ2) is 10.8. The molecule has 1 N–H and O–H groups in total. The molecule has 1 atom stereocenters. The Morgan fingerprint density at radius 3 is 2.62 bits per heavy atom. The lowest BCUT2D eigenvalue weighted by atomic mass is 9.96. The van der Waals surface area contributed by atoms with Crippen molar-refractivity contribution in [1.82, 2.24) is 14.8 Å². The van der Waals surface area contributed by atoms with Crippen molar-refractivity contribution in [3.8, 4) is 5.75 Å². The monoisotopic (exact) mass is 478 g/mol. The molecule has 0 amide bonds. The molecule has 7 nitrogen and oxygen atoms in total. The first kappa shape index (κ1) is 23.9. The van der Waals surface area contributed by atoms with Crippen LogP contribution in [0.15, 0.2) is 65.0 Å². The highest BCUT2D eigenvalue weighted by atomic mass is 32.2. The Bertz CT molecular complexity index is 1190. The first-order valence-electron chi connectivity index (χ1n) is 11.4. The smallest absolute Gasteiger partial charge is 0.338 e. The Kier molecular flexibility index (Phi) is 7.57. The molecule has 34 heavy (non-hydrogen) atoms. The first-order valence-corrected chi connectivity index (χ1v) is 12.4. The van der Waals surface area contributed by atoms with E-state index in [1.54, 1.807) is 16.4 Å². The zero-order chi connectivity index (χ0) is 24.1. The van der Waals surface area contributed by atoms with E-state index in [4.69, 9.17) is 14.6 Å². The van der Waals surface area contributed by atoms with E-state index in [1.807, 2.05) is 43.3 Å². The summed E-state index contributed by atoms with van der Waals surface area (Å²) in [5.41, 5.74) is 4.47. The summed E-state index contributed by atoms with van der Waals surface area (Å²) in [4.78, 5) is 17.4. The van der Waals surface area contributed by atoms with Crippen LogP contribution < -0.4 is 10.1 Å². The number of unbranched alkanes of at least 4 members (excludes halogenated alkanes) is 1. The summed E-state index contributed by atoms with van der Waals surface area (Å²) >= 11 is 1.62. The third-order valence-corrected chi connectivity index (χ3v) is 6.74. The number of carbonyl (C=O) groups is 1. The third-order valence-electron chi connectivity index (χ3n) is 5.82. The fourth-order valence-electron chi connectivity index (χ4n) is 3.86. The van der Waals surface area contributed by atoms with Crippen LogP contribution in [0.3, 0.4) is 0 Å². The lowest BCUT2D eigenvalue weighted by Gasteiger charge is -2.27. The fraction of sp³-hybridized carbons (Fsp3) is 0.346. The maximum absolute atomic E-state index is 12.7. The van der Waals surface area contributed by atoms with Crippen molar-refractivity contribution >= 4 is 23.7 Å². The summed E-state index contributed by atoms with van der Waals surface area (Å²) in [7, 11) is 1.39. The predicted octanol–water partition coefficient (Wildman–Crippen LogP) is 5.52. The van der Waals surface area contributed by atoms with Gasteiger partial charge in [0.15, 0.2) is 0 Å². The molecule has 0 spiro atoms. The van der Waals surface area contributed by atoms with Crippen LogP contribution in [0, 0.1) is 6.92 Å². The number of nitrogens with one attached hydrogen (secondary N) is 1. The van der Waals surface area contributed by atoms with Gasteiger partial charge in [-0.15, -0.1) is 5.10 Å². The van der Waals surface area contributed by atoms with Crippen molar-refractivity contribution in [2.45, 2.75) is 51.4 Å². The second-order valence-corrected chi connectivity index (χ2v) is 9.27. The van der Waals surface area contributed by atoms with Crippen molar-refractivity contribution < 1.29 is 14.3 Å². The number of allylic oxidation sites excluding steroid dienone is 1. The van der Waals surface area contributed by atoms with E-state index in [0.717, 1.165) is 35.5 Å². The van der Waals surface area contributed by atoms with E-state index in [9.17, 15) is 4.79 Å². The van der Waals surface area contributed by atoms with Gasteiger partial charge in [-0.3, -0.25) is 0 Å². The summed E-state index contributed by atoms with van der Waals surface area (Å²) in [5, 5.41) is 8.64. The number of esters is 1. The molecule has 8 heteroatoms. The summed E-state index contributed by atoms with van der Waals surface area (Å²) in [5.74, 6) is 1.94. The molecule has 1 aliphatic rings. The number of ether oxygens (including phenoxy) is 2. The summed E-state index contributed by atoms with van der Waals surface area (Å²) in [6.07, 6.45) is 2.22. The molecule has 2 heterocycles. The zero-order valence-corrected chi connectivity index (χ0v) is 20.8. The number of thioether (sulfide) groups is 1. The molecule has 1 aromatic heterocycles. The Morgan fingerprint density at radius 1 is 1.15 bits per heavy atom. The third kappa shape index (κ3) is 5.12. The summed E-state index contributed by atoms with van der Waals surface area (Å²) < 4.78 is 12.9. The van der Waals surface area contributed by atoms with Gasteiger partial charge in [-0.1, -0.05) is 61.5 Å². The van der Waals surface area contributed by atoms with Gasteiger partial charge in [-0.2, -0.15) is 4.98 Å². The van der Waals surface area contributed by atoms with Crippen molar-refractivity contribution in [2.75, 3.05) is 18.2 Å². The SMILES string of the molecule is CCCCSc1nc2n(n1)C(c1ccc(OCc3ccccc3C)cc1)C(C(=O)OC)=C(C)N2. The van der Waals surface area contributed by atoms with E-state index in [-0.39, 0.29) is 0 Å². The highest BCUT2D eigenvalue weighted by molar-refractivity contribution is 7.99. The van der Waals surface area contributed by atoms with Gasteiger partial charge in [0.05, 0.1) is 12.7 Å². The van der Waals surface area contributed by atoms with Gasteiger partial charge in [0, 0.05) is 11.4 Å². The number of methoxy groups -OCH3 is 1. The van der Waals surface area contributed by atoms with E-state index in [0.29, 0.717) is 29.0 Å². The number of rotatable bonds is 9. The van der Waals surface area contributed by atoms with E-state index in [2.05, 4.69) is 36.3 Å². The molecule has 2 aromatic carbocycles. The molecule has 3 aromatic rings. The van der Waals surface area contributed by atoms with Crippen LogP contribution in [0.5, 0.6) is 5.75 Å². The number of nitrogens with zero attached hydrogens (tertiary/aromatic N) is 3. The molecule has 1 aliphatic heterocycles. The average Bonchev–Trinajstić information content (AvgIpc) is 3.25. The maximum Gasteiger partial charge on any atom is 0.338 e. The minimum absolute atomic E-state index is 0.392. The van der Waals surface area contributed by atoms with Crippen LogP contribution in [-0.2, 0) is 16.1 Å². The molecule has 1 unspecified atom stereocenters. The highest BCUT2D eigenvalue weighted by Gasteiger charge is 2.35. The van der Waals surface area contributed by atoms with Crippen LogP contribution >= 0.6 is 11.8 Å². The number of hydrogen-bond acceptors (Lipinski definition) is 7. The molecular weight excluding hydrogens is 448 g/mol. The van der Waals surface area contributed by atoms with Crippen molar-refractivity contribution in [1.29, 1.82) is 0 Å². The fourth-order valence-corrected chi connectivity index (χ4v) is 4.77. The molecular formula is C26H30N4O3S. The van der Waals surface area contributed by atoms with Crippen LogP contribution in [-0.4, -0.2) is 33.6 Å². The average molecular weight is 479 g/mol. The summed E-state index contributed by atoms with van der Waals surface area (Å²) in [6, 6.07) is 15.5. The molecule has 0 fully saturated rings. The van der Waals surface area contributed by atoms with Crippen molar-refractivity contribution in [2.24, 2.45) is 0 Å². The molecule has 0 saturated carbocycles. The van der Waals surface area contributed by atoms with Gasteiger partial charge < -0.3 is 14.8 Å². The normalized spacial score (nSPS) is 15.0.